The number of hydrogen-bond acceptors (Lipinski definition) is 1. The van der Waals surface area contributed by atoms with Gasteiger partial charge in [0, 0.05) is 28.4 Å². The Morgan fingerprint density at radius 1 is 1.05 bits per heavy atom. The lowest BCUT2D eigenvalue weighted by Gasteiger charge is -2.11. The number of fused-ring (bicyclic) bond motifs is 1. The minimum Gasteiger partial charge on any atom is -0.361 e. The largest absolute Gasteiger partial charge is 0.361 e. The second-order valence-corrected chi connectivity index (χ2v) is 5.00. The van der Waals surface area contributed by atoms with Gasteiger partial charge in [0.2, 0.25) is 0 Å². The highest BCUT2D eigenvalue weighted by atomic mass is 16.1. The fourth-order valence-corrected chi connectivity index (χ4v) is 2.39. The van der Waals surface area contributed by atoms with E-state index in [1.165, 1.54) is 0 Å². The Labute approximate surface area is 117 Å². The summed E-state index contributed by atoms with van der Waals surface area (Å²) in [4.78, 5) is 15.5. The third kappa shape index (κ3) is 2.18. The number of anilines is 1. The molecule has 2 aromatic carbocycles. The zero-order valence-corrected chi connectivity index (χ0v) is 11.5. The zero-order valence-electron chi connectivity index (χ0n) is 11.5. The van der Waals surface area contributed by atoms with Crippen LogP contribution >= 0.6 is 0 Å². The molecular weight excluding hydrogens is 248 g/mol. The maximum absolute atomic E-state index is 12.4. The van der Waals surface area contributed by atoms with Gasteiger partial charge in [-0.3, -0.25) is 4.79 Å². The molecule has 20 heavy (non-hydrogen) atoms. The zero-order chi connectivity index (χ0) is 14.1. The van der Waals surface area contributed by atoms with Crippen LogP contribution in [0.5, 0.6) is 0 Å². The summed E-state index contributed by atoms with van der Waals surface area (Å²) in [6.07, 6.45) is 1.87. The smallest absolute Gasteiger partial charge is 0.255 e. The molecule has 3 aromatic rings. The summed E-state index contributed by atoms with van der Waals surface area (Å²) in [6, 6.07) is 13.6. The van der Waals surface area contributed by atoms with Crippen LogP contribution in [0.4, 0.5) is 5.69 Å². The third-order valence-electron chi connectivity index (χ3n) is 3.54. The molecule has 0 spiro atoms. The van der Waals surface area contributed by atoms with Crippen molar-refractivity contribution >= 4 is 22.5 Å². The first kappa shape index (κ1) is 12.5. The Morgan fingerprint density at radius 2 is 1.80 bits per heavy atom. The van der Waals surface area contributed by atoms with Crippen LogP contribution in [-0.2, 0) is 0 Å². The van der Waals surface area contributed by atoms with E-state index in [4.69, 9.17) is 0 Å². The molecule has 1 aromatic heterocycles. The SMILES string of the molecule is Cc1cccc(C)c1NC(=O)c1ccc2[nH]ccc2c1. The van der Waals surface area contributed by atoms with Gasteiger partial charge >= 0.3 is 0 Å². The summed E-state index contributed by atoms with van der Waals surface area (Å²) < 4.78 is 0. The van der Waals surface area contributed by atoms with Crippen molar-refractivity contribution < 1.29 is 4.79 Å². The highest BCUT2D eigenvalue weighted by Crippen LogP contribution is 2.21. The van der Waals surface area contributed by atoms with Gasteiger partial charge in [-0.1, -0.05) is 18.2 Å². The van der Waals surface area contributed by atoms with E-state index in [2.05, 4.69) is 10.3 Å². The van der Waals surface area contributed by atoms with Crippen LogP contribution in [0, 0.1) is 13.8 Å². The first-order valence-corrected chi connectivity index (χ1v) is 6.60. The molecule has 0 atom stereocenters. The molecule has 0 aliphatic rings. The molecule has 3 heteroatoms. The molecule has 100 valence electrons. The highest BCUT2D eigenvalue weighted by molar-refractivity contribution is 6.06. The lowest BCUT2D eigenvalue weighted by atomic mass is 10.1. The molecule has 0 saturated carbocycles. The van der Waals surface area contributed by atoms with Gasteiger partial charge in [-0.15, -0.1) is 0 Å². The number of benzene rings is 2. The van der Waals surface area contributed by atoms with Crippen molar-refractivity contribution in [2.45, 2.75) is 13.8 Å². The molecule has 0 bridgehead atoms. The number of aryl methyl sites for hydroxylation is 2. The number of carbonyl (C=O) groups is 1. The average molecular weight is 264 g/mol. The summed E-state index contributed by atoms with van der Waals surface area (Å²) in [5.74, 6) is -0.0782. The van der Waals surface area contributed by atoms with E-state index in [9.17, 15) is 4.79 Å². The molecule has 0 fully saturated rings. The fourth-order valence-electron chi connectivity index (χ4n) is 2.39. The van der Waals surface area contributed by atoms with Crippen molar-refractivity contribution in [2.75, 3.05) is 5.32 Å². The van der Waals surface area contributed by atoms with Crippen LogP contribution in [0.25, 0.3) is 10.9 Å². The van der Waals surface area contributed by atoms with Crippen LogP contribution in [0.2, 0.25) is 0 Å². The topological polar surface area (TPSA) is 44.9 Å². The Kier molecular flexibility index (Phi) is 3.03. The summed E-state index contributed by atoms with van der Waals surface area (Å²) in [6.45, 7) is 4.00. The highest BCUT2D eigenvalue weighted by Gasteiger charge is 2.10. The molecule has 3 rings (SSSR count). The Hall–Kier alpha value is -2.55. The minimum absolute atomic E-state index is 0.0782. The molecule has 0 saturated heterocycles. The second kappa shape index (κ2) is 4.85. The summed E-state index contributed by atoms with van der Waals surface area (Å²) in [5.41, 5.74) is 4.74. The number of aromatic amines is 1. The maximum Gasteiger partial charge on any atom is 0.255 e. The van der Waals surface area contributed by atoms with Crippen LogP contribution in [0.3, 0.4) is 0 Å². The van der Waals surface area contributed by atoms with Gasteiger partial charge in [0.15, 0.2) is 0 Å². The standard InChI is InChI=1S/C17H16N2O/c1-11-4-3-5-12(2)16(11)19-17(20)14-6-7-15-13(10-14)8-9-18-15/h3-10,18H,1-2H3,(H,19,20). The molecule has 3 nitrogen and oxygen atoms in total. The molecule has 0 aliphatic heterocycles. The van der Waals surface area contributed by atoms with E-state index in [1.807, 2.05) is 62.5 Å². The minimum atomic E-state index is -0.0782. The molecule has 2 N–H and O–H groups in total. The number of para-hydroxylation sites is 1. The second-order valence-electron chi connectivity index (χ2n) is 5.00. The van der Waals surface area contributed by atoms with Crippen molar-refractivity contribution in [1.29, 1.82) is 0 Å². The Balaban J connectivity index is 1.92. The van der Waals surface area contributed by atoms with E-state index in [0.717, 1.165) is 27.7 Å². The normalized spacial score (nSPS) is 10.7. The van der Waals surface area contributed by atoms with Crippen molar-refractivity contribution in [3.8, 4) is 0 Å². The monoisotopic (exact) mass is 264 g/mol. The average Bonchev–Trinajstić information content (AvgIpc) is 2.90. The quantitative estimate of drug-likeness (QED) is 0.721. The predicted octanol–water partition coefficient (Wildman–Crippen LogP) is 4.04. The van der Waals surface area contributed by atoms with Crippen molar-refractivity contribution in [2.24, 2.45) is 0 Å². The summed E-state index contributed by atoms with van der Waals surface area (Å²) in [7, 11) is 0. The number of hydrogen-bond donors (Lipinski definition) is 2. The first-order chi connectivity index (χ1) is 9.65. The molecule has 1 amide bonds. The van der Waals surface area contributed by atoms with Crippen LogP contribution in [0.1, 0.15) is 21.5 Å². The van der Waals surface area contributed by atoms with Crippen molar-refractivity contribution in [1.82, 2.24) is 4.98 Å². The first-order valence-electron chi connectivity index (χ1n) is 6.60. The van der Waals surface area contributed by atoms with Crippen LogP contribution in [0.15, 0.2) is 48.7 Å². The molecular formula is C17H16N2O. The van der Waals surface area contributed by atoms with Gasteiger partial charge in [-0.25, -0.2) is 0 Å². The van der Waals surface area contributed by atoms with E-state index < -0.39 is 0 Å². The van der Waals surface area contributed by atoms with E-state index in [1.54, 1.807) is 0 Å². The van der Waals surface area contributed by atoms with Gasteiger partial charge < -0.3 is 10.3 Å². The predicted molar refractivity (Wildman–Crippen MR) is 82.2 cm³/mol. The molecule has 0 aliphatic carbocycles. The van der Waals surface area contributed by atoms with Gasteiger partial charge in [-0.2, -0.15) is 0 Å². The van der Waals surface area contributed by atoms with Gasteiger partial charge in [-0.05, 0) is 49.2 Å². The van der Waals surface area contributed by atoms with E-state index in [-0.39, 0.29) is 5.91 Å². The number of rotatable bonds is 2. The van der Waals surface area contributed by atoms with Crippen molar-refractivity contribution in [3.63, 3.8) is 0 Å². The van der Waals surface area contributed by atoms with Gasteiger partial charge in [0.25, 0.3) is 5.91 Å². The lowest BCUT2D eigenvalue weighted by molar-refractivity contribution is 0.102. The number of aromatic nitrogens is 1. The van der Waals surface area contributed by atoms with E-state index >= 15 is 0 Å². The van der Waals surface area contributed by atoms with Crippen LogP contribution in [-0.4, -0.2) is 10.9 Å². The molecule has 0 radical (unpaired) electrons. The molecule has 1 heterocycles. The van der Waals surface area contributed by atoms with E-state index in [0.29, 0.717) is 5.56 Å². The maximum atomic E-state index is 12.4. The third-order valence-corrected chi connectivity index (χ3v) is 3.54. The Bertz CT molecular complexity index is 766. The van der Waals surface area contributed by atoms with Crippen LogP contribution < -0.4 is 5.32 Å². The lowest BCUT2D eigenvalue weighted by Crippen LogP contribution is -2.13. The molecule has 0 unspecified atom stereocenters. The van der Waals surface area contributed by atoms with Gasteiger partial charge in [0.1, 0.15) is 0 Å². The van der Waals surface area contributed by atoms with Crippen molar-refractivity contribution in [3.05, 3.63) is 65.4 Å². The number of H-pyrrole nitrogens is 1. The summed E-state index contributed by atoms with van der Waals surface area (Å²) in [5, 5.41) is 4.04. The fraction of sp³-hybridized carbons (Fsp3) is 0.118. The Morgan fingerprint density at radius 3 is 2.55 bits per heavy atom. The van der Waals surface area contributed by atoms with Gasteiger partial charge in [0.05, 0.1) is 0 Å². The number of amides is 1. The number of carbonyl (C=O) groups excluding carboxylic acids is 1. The summed E-state index contributed by atoms with van der Waals surface area (Å²) >= 11 is 0. The number of nitrogens with one attached hydrogen (secondary N) is 2.